The molecule has 5 N–H and O–H groups in total. The van der Waals surface area contributed by atoms with Crippen molar-refractivity contribution in [3.63, 3.8) is 0 Å². The van der Waals surface area contributed by atoms with Gasteiger partial charge in [0, 0.05) is 19.7 Å². The monoisotopic (exact) mass is 240 g/mol. The number of hydrogen-bond acceptors (Lipinski definition) is 7. The summed E-state index contributed by atoms with van der Waals surface area (Å²) in [5.74, 6) is -2.44. The van der Waals surface area contributed by atoms with Crippen molar-refractivity contribution in [2.24, 2.45) is 11.5 Å². The molecule has 80 valence electrons. The Morgan fingerprint density at radius 3 is 1.13 bits per heavy atom. The van der Waals surface area contributed by atoms with Gasteiger partial charge in [-0.15, -0.1) is 0 Å². The minimum absolute atomic E-state index is 0. The van der Waals surface area contributed by atoms with Gasteiger partial charge in [0.25, 0.3) is 0 Å². The smallest absolute Gasteiger partial charge is 0.549 e. The molecule has 0 bridgehead atoms. The predicted molar refractivity (Wildman–Crippen MR) is 40.9 cm³/mol. The SMILES string of the molecule is CCO.NCC(=O)[O-].NCC(=O)[O-].[Na+].[Na+]. The predicted octanol–water partition coefficient (Wildman–Crippen LogP) is -10.6. The van der Waals surface area contributed by atoms with Gasteiger partial charge < -0.3 is 36.4 Å². The number of carboxylic acid groups (broad SMARTS) is 2. The van der Waals surface area contributed by atoms with Gasteiger partial charge in [0.1, 0.15) is 0 Å². The molecule has 0 unspecified atom stereocenters. The molecule has 9 heteroatoms. The Morgan fingerprint density at radius 2 is 1.13 bits per heavy atom. The van der Waals surface area contributed by atoms with E-state index in [1.54, 1.807) is 6.92 Å². The average Bonchev–Trinajstić information content (AvgIpc) is 2.07. The summed E-state index contributed by atoms with van der Waals surface area (Å²) in [4.78, 5) is 18.3. The third-order valence-electron chi connectivity index (χ3n) is 0.333. The van der Waals surface area contributed by atoms with Gasteiger partial charge in [0.15, 0.2) is 0 Å². The fourth-order valence-corrected chi connectivity index (χ4v) is 0. The van der Waals surface area contributed by atoms with E-state index in [9.17, 15) is 0 Å². The van der Waals surface area contributed by atoms with Crippen LogP contribution in [0.25, 0.3) is 0 Å². The summed E-state index contributed by atoms with van der Waals surface area (Å²) in [6, 6.07) is 0. The fraction of sp³-hybridized carbons (Fsp3) is 0.667. The minimum Gasteiger partial charge on any atom is -0.549 e. The number of carboxylic acids is 2. The summed E-state index contributed by atoms with van der Waals surface area (Å²) < 4.78 is 0. The maximum atomic E-state index is 9.13. The maximum Gasteiger partial charge on any atom is 1.00 e. The zero-order valence-electron chi connectivity index (χ0n) is 9.36. The number of carbonyl (C=O) groups is 2. The normalized spacial score (nSPS) is 6.13. The molecule has 0 aromatic carbocycles. The third kappa shape index (κ3) is 105. The molecule has 0 atom stereocenters. The standard InChI is InChI=1S/2C2H5NO2.C2H6O.2Na/c2*3-1-2(4)5;1-2-3;;/h2*1,3H2,(H,4,5);3H,2H2,1H3;;/q;;;2*+1/p-2. The first kappa shape index (κ1) is 29.7. The molecule has 0 aromatic heterocycles. The van der Waals surface area contributed by atoms with Gasteiger partial charge >= 0.3 is 59.1 Å². The van der Waals surface area contributed by atoms with E-state index in [1.807, 2.05) is 0 Å². The van der Waals surface area contributed by atoms with Crippen molar-refractivity contribution in [3.8, 4) is 0 Å². The number of aliphatic carboxylic acids is 2. The van der Waals surface area contributed by atoms with E-state index in [-0.39, 0.29) is 78.8 Å². The van der Waals surface area contributed by atoms with Gasteiger partial charge in [-0.3, -0.25) is 0 Å². The number of rotatable bonds is 2. The van der Waals surface area contributed by atoms with Crippen LogP contribution >= 0.6 is 0 Å². The van der Waals surface area contributed by atoms with Crippen LogP contribution in [0.1, 0.15) is 6.92 Å². The number of aliphatic hydroxyl groups is 1. The molecule has 0 rings (SSSR count). The third-order valence-corrected chi connectivity index (χ3v) is 0.333. The van der Waals surface area contributed by atoms with Crippen LogP contribution in [0.5, 0.6) is 0 Å². The largest absolute Gasteiger partial charge is 1.00 e. The molecule has 0 radical (unpaired) electrons. The first-order valence-electron chi connectivity index (χ1n) is 3.36. The number of aliphatic hydroxyl groups excluding tert-OH is 1. The molecule has 0 saturated heterocycles. The van der Waals surface area contributed by atoms with Crippen molar-refractivity contribution in [1.29, 1.82) is 0 Å². The zero-order chi connectivity index (χ0) is 11.3. The van der Waals surface area contributed by atoms with Gasteiger partial charge in [-0.25, -0.2) is 0 Å². The summed E-state index contributed by atoms with van der Waals surface area (Å²) in [5, 5.41) is 25.8. The molecule has 0 spiro atoms. The van der Waals surface area contributed by atoms with E-state index < -0.39 is 11.9 Å². The topological polar surface area (TPSA) is 153 Å². The Kier molecular flexibility index (Phi) is 58.1. The molecule has 7 nitrogen and oxygen atoms in total. The maximum absolute atomic E-state index is 9.13. The first-order chi connectivity index (χ1) is 5.95. The molecule has 0 heterocycles. The van der Waals surface area contributed by atoms with Crippen LogP contribution in [0, 0.1) is 0 Å². The second kappa shape index (κ2) is 29.4. The van der Waals surface area contributed by atoms with Crippen LogP contribution < -0.4 is 80.8 Å². The van der Waals surface area contributed by atoms with E-state index in [4.69, 9.17) is 24.9 Å². The van der Waals surface area contributed by atoms with Crippen molar-refractivity contribution in [3.05, 3.63) is 0 Å². The van der Waals surface area contributed by atoms with Crippen molar-refractivity contribution in [2.75, 3.05) is 19.7 Å². The van der Waals surface area contributed by atoms with E-state index in [1.165, 1.54) is 0 Å². The quantitative estimate of drug-likeness (QED) is 0.405. The van der Waals surface area contributed by atoms with Crippen LogP contribution in [-0.2, 0) is 9.59 Å². The van der Waals surface area contributed by atoms with Crippen molar-refractivity contribution in [2.45, 2.75) is 6.92 Å². The second-order valence-electron chi connectivity index (χ2n) is 1.47. The van der Waals surface area contributed by atoms with E-state index in [0.717, 1.165) is 0 Å². The van der Waals surface area contributed by atoms with Crippen LogP contribution in [0.3, 0.4) is 0 Å². The molecular formula is C6H14N2Na2O5. The van der Waals surface area contributed by atoms with Crippen LogP contribution in [0.2, 0.25) is 0 Å². The molecular weight excluding hydrogens is 226 g/mol. The Bertz CT molecular complexity index is 123. The summed E-state index contributed by atoms with van der Waals surface area (Å²) in [5.41, 5.74) is 9.02. The molecule has 0 aliphatic heterocycles. The molecule has 0 fully saturated rings. The van der Waals surface area contributed by atoms with Gasteiger partial charge in [-0.05, 0) is 6.92 Å². The molecule has 0 amide bonds. The van der Waals surface area contributed by atoms with Crippen LogP contribution in [-0.4, -0.2) is 36.7 Å². The molecule has 0 aliphatic carbocycles. The van der Waals surface area contributed by atoms with E-state index in [2.05, 4.69) is 11.5 Å². The summed E-state index contributed by atoms with van der Waals surface area (Å²) >= 11 is 0. The van der Waals surface area contributed by atoms with Gasteiger partial charge in [0.05, 0.1) is 11.9 Å². The average molecular weight is 240 g/mol. The number of carbonyl (C=O) groups excluding carboxylic acids is 2. The Hall–Kier alpha value is 0.820. The fourth-order valence-electron chi connectivity index (χ4n) is 0. The van der Waals surface area contributed by atoms with Gasteiger partial charge in [0.2, 0.25) is 0 Å². The summed E-state index contributed by atoms with van der Waals surface area (Å²) in [7, 11) is 0. The molecule has 0 aromatic rings. The van der Waals surface area contributed by atoms with Gasteiger partial charge in [-0.1, -0.05) is 0 Å². The Morgan fingerprint density at radius 1 is 1.07 bits per heavy atom. The first-order valence-corrected chi connectivity index (χ1v) is 3.36. The minimum atomic E-state index is -1.22. The molecule has 0 saturated carbocycles. The van der Waals surface area contributed by atoms with Gasteiger partial charge in [-0.2, -0.15) is 0 Å². The van der Waals surface area contributed by atoms with E-state index >= 15 is 0 Å². The molecule has 0 aliphatic rings. The van der Waals surface area contributed by atoms with Crippen molar-refractivity contribution >= 4 is 11.9 Å². The zero-order valence-corrected chi connectivity index (χ0v) is 13.4. The number of nitrogens with two attached hydrogens (primary N) is 2. The summed E-state index contributed by atoms with van der Waals surface area (Å²) in [6.07, 6.45) is 0. The second-order valence-corrected chi connectivity index (χ2v) is 1.47. The summed E-state index contributed by atoms with van der Waals surface area (Å²) in [6.45, 7) is 1.15. The Labute approximate surface area is 133 Å². The van der Waals surface area contributed by atoms with Crippen molar-refractivity contribution in [1.82, 2.24) is 0 Å². The van der Waals surface area contributed by atoms with Crippen LogP contribution in [0.15, 0.2) is 0 Å². The number of hydrogen-bond donors (Lipinski definition) is 3. The van der Waals surface area contributed by atoms with Crippen LogP contribution in [0.4, 0.5) is 0 Å². The van der Waals surface area contributed by atoms with E-state index in [0.29, 0.717) is 0 Å². The van der Waals surface area contributed by atoms with Crippen molar-refractivity contribution < 1.29 is 84.0 Å². The Balaban J connectivity index is -0.0000000322. The molecule has 15 heavy (non-hydrogen) atoms.